The molecule has 0 aliphatic rings. The van der Waals surface area contributed by atoms with Gasteiger partial charge in [-0.15, -0.1) is 0 Å². The van der Waals surface area contributed by atoms with Gasteiger partial charge in [0.2, 0.25) is 0 Å². The summed E-state index contributed by atoms with van der Waals surface area (Å²) < 4.78 is 5.27. The predicted octanol–water partition coefficient (Wildman–Crippen LogP) is 2.21. The minimum Gasteiger partial charge on any atom is -0.445 e. The quantitative estimate of drug-likeness (QED) is 0.388. The number of aliphatic hydroxyl groups excluding tert-OH is 2. The Morgan fingerprint density at radius 2 is 1.47 bits per heavy atom. The highest BCUT2D eigenvalue weighted by Crippen LogP contribution is 2.14. The molecule has 0 aliphatic carbocycles. The Balaban J connectivity index is 1.65. The molecule has 3 rings (SSSR count). The van der Waals surface area contributed by atoms with Crippen molar-refractivity contribution in [2.45, 2.75) is 43.7 Å². The number of nitrogens with one attached hydrogen (secondary N) is 1. The lowest BCUT2D eigenvalue weighted by Gasteiger charge is -2.30. The number of carbonyl (C=O) groups is 1. The minimum absolute atomic E-state index is 0.0455. The van der Waals surface area contributed by atoms with Crippen molar-refractivity contribution >= 4 is 6.09 Å². The first-order valence-electron chi connectivity index (χ1n) is 10.5. The molecule has 0 bridgehead atoms. The van der Waals surface area contributed by atoms with Crippen LogP contribution in [-0.4, -0.2) is 45.6 Å². The molecular weight excluding hydrogens is 406 g/mol. The number of pyridine rings is 1. The minimum atomic E-state index is -1.29. The number of ether oxygens (including phenoxy) is 1. The van der Waals surface area contributed by atoms with Crippen molar-refractivity contribution in [3.63, 3.8) is 0 Å². The van der Waals surface area contributed by atoms with Gasteiger partial charge in [0.1, 0.15) is 12.7 Å². The van der Waals surface area contributed by atoms with Crippen LogP contribution in [0.2, 0.25) is 0 Å². The summed E-state index contributed by atoms with van der Waals surface area (Å²) in [5.41, 5.74) is 8.78. The molecule has 0 unspecified atom stereocenters. The molecule has 0 radical (unpaired) electrons. The topological polar surface area (TPSA) is 118 Å². The van der Waals surface area contributed by atoms with Crippen LogP contribution in [0.4, 0.5) is 4.79 Å². The number of rotatable bonds is 10. The van der Waals surface area contributed by atoms with E-state index in [9.17, 15) is 15.0 Å². The maximum absolute atomic E-state index is 12.4. The molecule has 7 nitrogen and oxygen atoms in total. The summed E-state index contributed by atoms with van der Waals surface area (Å²) >= 11 is 0. The van der Waals surface area contributed by atoms with Crippen LogP contribution in [0.1, 0.15) is 16.7 Å². The number of aliphatic hydroxyl groups is 2. The largest absolute Gasteiger partial charge is 0.445 e. The number of carbonyl (C=O) groups excluding carboxylic acids is 1. The zero-order chi connectivity index (χ0) is 22.8. The number of hydrogen-bond acceptors (Lipinski definition) is 6. The third kappa shape index (κ3) is 7.16. The van der Waals surface area contributed by atoms with Gasteiger partial charge in [-0.25, -0.2) is 4.79 Å². The van der Waals surface area contributed by atoms with Crippen LogP contribution < -0.4 is 11.1 Å². The molecule has 3 aromatic rings. The van der Waals surface area contributed by atoms with Crippen molar-refractivity contribution in [2.75, 3.05) is 0 Å². The van der Waals surface area contributed by atoms with E-state index in [0.717, 1.165) is 16.7 Å². The monoisotopic (exact) mass is 435 g/mol. The van der Waals surface area contributed by atoms with Gasteiger partial charge in [-0.2, -0.15) is 0 Å². The van der Waals surface area contributed by atoms with Crippen molar-refractivity contribution in [3.8, 4) is 0 Å². The van der Waals surface area contributed by atoms with Crippen molar-refractivity contribution in [2.24, 2.45) is 5.73 Å². The van der Waals surface area contributed by atoms with Gasteiger partial charge in [-0.1, -0.05) is 66.7 Å². The van der Waals surface area contributed by atoms with Crippen LogP contribution >= 0.6 is 0 Å². The molecule has 0 spiro atoms. The molecule has 168 valence electrons. The number of aromatic nitrogens is 1. The average Bonchev–Trinajstić information content (AvgIpc) is 2.83. The molecular formula is C25H29N3O4. The molecule has 32 heavy (non-hydrogen) atoms. The molecule has 1 amide bonds. The first-order chi connectivity index (χ1) is 15.5. The number of benzene rings is 2. The molecule has 5 N–H and O–H groups in total. The van der Waals surface area contributed by atoms with Crippen LogP contribution in [0.25, 0.3) is 0 Å². The van der Waals surface area contributed by atoms with Crippen LogP contribution in [0.3, 0.4) is 0 Å². The predicted molar refractivity (Wildman–Crippen MR) is 122 cm³/mol. The van der Waals surface area contributed by atoms with Crippen molar-refractivity contribution in [1.82, 2.24) is 10.3 Å². The van der Waals surface area contributed by atoms with E-state index >= 15 is 0 Å². The molecule has 4 atom stereocenters. The Morgan fingerprint density at radius 3 is 2.06 bits per heavy atom. The van der Waals surface area contributed by atoms with Gasteiger partial charge >= 0.3 is 6.09 Å². The standard InChI is InChI=1S/C25H29N3O4/c26-21(14-18-8-3-1-4-9-18)23(29)24(30)22(15-19-10-5-2-6-11-19)28-25(31)32-17-20-12-7-13-27-16-20/h1-13,16,21-24,29-30H,14-15,17,26H2,(H,28,31)/t21-,22-,23-,24+/m0/s1. The molecule has 0 fully saturated rings. The fourth-order valence-electron chi connectivity index (χ4n) is 3.45. The Bertz CT molecular complexity index is 941. The smallest absolute Gasteiger partial charge is 0.407 e. The molecule has 1 aromatic heterocycles. The summed E-state index contributed by atoms with van der Waals surface area (Å²) in [6.45, 7) is 0.0455. The van der Waals surface area contributed by atoms with Gasteiger partial charge in [0, 0.05) is 24.0 Å². The summed E-state index contributed by atoms with van der Waals surface area (Å²) in [7, 11) is 0. The van der Waals surface area contributed by atoms with Gasteiger partial charge in [0.15, 0.2) is 0 Å². The highest BCUT2D eigenvalue weighted by atomic mass is 16.5. The number of nitrogens with zero attached hydrogens (tertiary/aromatic N) is 1. The molecule has 2 aromatic carbocycles. The van der Waals surface area contributed by atoms with Crippen molar-refractivity contribution < 1.29 is 19.7 Å². The lowest BCUT2D eigenvalue weighted by atomic mass is 9.92. The van der Waals surface area contributed by atoms with Gasteiger partial charge in [0.05, 0.1) is 12.1 Å². The van der Waals surface area contributed by atoms with E-state index in [-0.39, 0.29) is 6.61 Å². The highest BCUT2D eigenvalue weighted by Gasteiger charge is 2.32. The number of amides is 1. The first-order valence-corrected chi connectivity index (χ1v) is 10.5. The van der Waals surface area contributed by atoms with E-state index in [4.69, 9.17) is 10.5 Å². The number of nitrogens with two attached hydrogens (primary N) is 1. The van der Waals surface area contributed by atoms with E-state index in [1.54, 1.807) is 24.5 Å². The summed E-state index contributed by atoms with van der Waals surface area (Å²) in [4.78, 5) is 16.4. The Hall–Kier alpha value is -3.26. The Labute approximate surface area is 187 Å². The van der Waals surface area contributed by atoms with E-state index in [0.29, 0.717) is 12.8 Å². The van der Waals surface area contributed by atoms with Gasteiger partial charge in [0.25, 0.3) is 0 Å². The maximum atomic E-state index is 12.4. The van der Waals surface area contributed by atoms with Crippen LogP contribution in [0.15, 0.2) is 85.2 Å². The van der Waals surface area contributed by atoms with E-state index in [1.165, 1.54) is 0 Å². The SMILES string of the molecule is N[C@@H](Cc1ccccc1)[C@H](O)[C@H](O)[C@H](Cc1ccccc1)NC(=O)OCc1cccnc1. The number of hydrogen-bond donors (Lipinski definition) is 4. The lowest BCUT2D eigenvalue weighted by Crippen LogP contribution is -2.55. The summed E-state index contributed by atoms with van der Waals surface area (Å²) in [6, 6.07) is 21.0. The highest BCUT2D eigenvalue weighted by molar-refractivity contribution is 5.67. The second-order valence-electron chi connectivity index (χ2n) is 7.71. The zero-order valence-electron chi connectivity index (χ0n) is 17.7. The lowest BCUT2D eigenvalue weighted by molar-refractivity contribution is -0.0172. The third-order valence-electron chi connectivity index (χ3n) is 5.21. The normalized spacial score (nSPS) is 14.7. The first kappa shape index (κ1) is 23.4. The van der Waals surface area contributed by atoms with Crippen LogP contribution in [0.5, 0.6) is 0 Å². The third-order valence-corrected chi connectivity index (χ3v) is 5.21. The fraction of sp³-hybridized carbons (Fsp3) is 0.280. The van der Waals surface area contributed by atoms with Gasteiger partial charge in [-0.05, 0) is 30.0 Å². The molecule has 1 heterocycles. The average molecular weight is 436 g/mol. The van der Waals surface area contributed by atoms with Gasteiger partial charge < -0.3 is 26.0 Å². The summed E-state index contributed by atoms with van der Waals surface area (Å²) in [5, 5.41) is 24.3. The van der Waals surface area contributed by atoms with Crippen molar-refractivity contribution in [1.29, 1.82) is 0 Å². The molecule has 7 heteroatoms. The summed E-state index contributed by atoms with van der Waals surface area (Å²) in [6.07, 6.45) is 0.702. The molecule has 0 aliphatic heterocycles. The number of alkyl carbamates (subject to hydrolysis) is 1. The second kappa shape index (κ2) is 12.0. The van der Waals surface area contributed by atoms with Crippen molar-refractivity contribution in [3.05, 3.63) is 102 Å². The van der Waals surface area contributed by atoms with E-state index in [2.05, 4.69) is 10.3 Å². The second-order valence-corrected chi connectivity index (χ2v) is 7.71. The molecule has 0 saturated heterocycles. The Morgan fingerprint density at radius 1 is 0.875 bits per heavy atom. The van der Waals surface area contributed by atoms with Crippen LogP contribution in [0, 0.1) is 0 Å². The maximum Gasteiger partial charge on any atom is 0.407 e. The van der Waals surface area contributed by atoms with Gasteiger partial charge in [-0.3, -0.25) is 4.98 Å². The van der Waals surface area contributed by atoms with E-state index in [1.807, 2.05) is 60.7 Å². The fourth-order valence-corrected chi connectivity index (χ4v) is 3.45. The van der Waals surface area contributed by atoms with Crippen LogP contribution in [-0.2, 0) is 24.2 Å². The Kier molecular flexibility index (Phi) is 8.74. The zero-order valence-corrected chi connectivity index (χ0v) is 17.7. The summed E-state index contributed by atoms with van der Waals surface area (Å²) in [5.74, 6) is 0. The molecule has 0 saturated carbocycles. The van der Waals surface area contributed by atoms with E-state index < -0.39 is 30.4 Å².